The molecule has 1 aromatic rings. The zero-order chi connectivity index (χ0) is 5.98. The molecule has 0 unspecified atom stereocenters. The van der Waals surface area contributed by atoms with E-state index in [-0.39, 0.29) is 32.7 Å². The summed E-state index contributed by atoms with van der Waals surface area (Å²) < 4.78 is 0. The molecule has 0 bridgehead atoms. The molecule has 0 aliphatic heterocycles. The van der Waals surface area contributed by atoms with Gasteiger partial charge in [0.15, 0.2) is 0 Å². The van der Waals surface area contributed by atoms with Crippen molar-refractivity contribution in [1.82, 2.24) is 0 Å². The Bertz CT molecular complexity index is 148. The van der Waals surface area contributed by atoms with Crippen molar-refractivity contribution in [2.45, 2.75) is 6.92 Å². The van der Waals surface area contributed by atoms with E-state index in [4.69, 9.17) is 5.73 Å². The average Bonchev–Trinajstić information content (AvgIpc) is 1.77. The Hall–Kier alpha value is 0.124. The fraction of sp³-hybridized carbons (Fsp3) is 0.143. The Morgan fingerprint density at radius 2 is 1.56 bits per heavy atom. The van der Waals surface area contributed by atoms with E-state index in [9.17, 15) is 0 Å². The van der Waals surface area contributed by atoms with Crippen LogP contribution in [-0.4, -0.2) is 0 Å². The molecule has 1 radical (unpaired) electrons. The second kappa shape index (κ2) is 4.02. The molecule has 2 N–H and O–H groups in total. The average molecular weight is 196 g/mol. The molecule has 1 rings (SSSR count). The van der Waals surface area contributed by atoms with Crippen LogP contribution in [0, 0.1) is 6.92 Å². The van der Waals surface area contributed by atoms with Gasteiger partial charge in [-0.3, -0.25) is 0 Å². The number of hydrogen-bond donors (Lipinski definition) is 1. The predicted molar refractivity (Wildman–Crippen MR) is 35.6 cm³/mol. The van der Waals surface area contributed by atoms with Crippen LogP contribution < -0.4 is 5.73 Å². The number of nitrogens with two attached hydrogens (primary N) is 1. The minimum Gasteiger partial charge on any atom is -0.399 e. The van der Waals surface area contributed by atoms with Gasteiger partial charge < -0.3 is 5.73 Å². The third-order valence-corrected chi connectivity index (χ3v) is 1.08. The maximum absolute atomic E-state index is 5.43. The van der Waals surface area contributed by atoms with Gasteiger partial charge in [-0.15, -0.1) is 0 Å². The minimum absolute atomic E-state index is 0. The molecule has 0 saturated carbocycles. The van der Waals surface area contributed by atoms with Crippen LogP contribution in [0.3, 0.4) is 0 Å². The number of hydrogen-bond acceptors (Lipinski definition) is 1. The van der Waals surface area contributed by atoms with Crippen LogP contribution >= 0.6 is 0 Å². The zero-order valence-corrected chi connectivity index (χ0v) is 8.30. The molecule has 0 atom stereocenters. The molecule has 0 saturated heterocycles. The Balaban J connectivity index is 0.000000640. The summed E-state index contributed by atoms with van der Waals surface area (Å²) in [5.74, 6) is 0. The van der Waals surface area contributed by atoms with Crippen molar-refractivity contribution < 1.29 is 32.7 Å². The molecule has 0 aliphatic carbocycles. The Morgan fingerprint density at radius 3 is 1.89 bits per heavy atom. The molecule has 45 valence electrons. The van der Waals surface area contributed by atoms with Crippen molar-refractivity contribution in [3.8, 4) is 0 Å². The van der Waals surface area contributed by atoms with Gasteiger partial charge in [0.05, 0.1) is 0 Å². The topological polar surface area (TPSA) is 26.0 Å². The van der Waals surface area contributed by atoms with Crippen molar-refractivity contribution in [3.63, 3.8) is 0 Å². The molecule has 0 spiro atoms. The molecule has 9 heavy (non-hydrogen) atoms. The van der Waals surface area contributed by atoms with Crippen LogP contribution in [-0.2, 0) is 32.7 Å². The summed E-state index contributed by atoms with van der Waals surface area (Å²) in [6.45, 7) is 2.04. The summed E-state index contributed by atoms with van der Waals surface area (Å²) in [5.41, 5.74) is 7.51. The molecule has 1 aromatic carbocycles. The summed E-state index contributed by atoms with van der Waals surface area (Å²) in [6.07, 6.45) is 0. The predicted octanol–water partition coefficient (Wildman–Crippen LogP) is 1.57. The summed E-state index contributed by atoms with van der Waals surface area (Å²) in [4.78, 5) is 0. The number of anilines is 1. The van der Waals surface area contributed by atoms with E-state index >= 15 is 0 Å². The number of rotatable bonds is 0. The van der Waals surface area contributed by atoms with Crippen LogP contribution in [0.4, 0.5) is 5.69 Å². The van der Waals surface area contributed by atoms with Gasteiger partial charge in [-0.2, -0.15) is 0 Å². The smallest absolute Gasteiger partial charge is 0.0314 e. The molecule has 2 heteroatoms. The van der Waals surface area contributed by atoms with Crippen LogP contribution in [0.25, 0.3) is 0 Å². The molecule has 0 aromatic heterocycles. The first-order chi connectivity index (χ1) is 3.79. The van der Waals surface area contributed by atoms with Gasteiger partial charge in [0.2, 0.25) is 0 Å². The van der Waals surface area contributed by atoms with Gasteiger partial charge in [-0.05, 0) is 19.1 Å². The Labute approximate surface area is 80.5 Å². The van der Waals surface area contributed by atoms with Crippen molar-refractivity contribution in [2.24, 2.45) is 0 Å². The molecule has 1 nitrogen and oxygen atoms in total. The van der Waals surface area contributed by atoms with Crippen LogP contribution in [0.5, 0.6) is 0 Å². The van der Waals surface area contributed by atoms with Gasteiger partial charge in [-0.25, -0.2) is 0 Å². The summed E-state index contributed by atoms with van der Waals surface area (Å²) in [5, 5.41) is 0. The first-order valence-corrected chi connectivity index (χ1v) is 2.61. The second-order valence-electron chi connectivity index (χ2n) is 1.91. The van der Waals surface area contributed by atoms with Crippen LogP contribution in [0.2, 0.25) is 0 Å². The van der Waals surface area contributed by atoms with Gasteiger partial charge >= 0.3 is 0 Å². The van der Waals surface area contributed by atoms with E-state index in [0.29, 0.717) is 0 Å². The SMILES string of the molecule is Cc1ccc(N)cc1.[Y]. The standard InChI is InChI=1S/C7H9N.Y/c1-6-2-4-7(8)5-3-6;/h2-5H,8H2,1H3;. The fourth-order valence-electron chi connectivity index (χ4n) is 0.566. The molecule has 0 fully saturated rings. The Kier molecular flexibility index (Phi) is 4.08. The van der Waals surface area contributed by atoms with E-state index in [1.165, 1.54) is 5.56 Å². The van der Waals surface area contributed by atoms with E-state index in [1.54, 1.807) is 0 Å². The van der Waals surface area contributed by atoms with E-state index in [2.05, 4.69) is 0 Å². The quantitative estimate of drug-likeness (QED) is 0.626. The first-order valence-electron chi connectivity index (χ1n) is 2.61. The molecular weight excluding hydrogens is 187 g/mol. The van der Waals surface area contributed by atoms with E-state index < -0.39 is 0 Å². The second-order valence-corrected chi connectivity index (χ2v) is 1.91. The number of aryl methyl sites for hydroxylation is 1. The normalized spacial score (nSPS) is 8.11. The van der Waals surface area contributed by atoms with Crippen molar-refractivity contribution >= 4 is 5.69 Å². The summed E-state index contributed by atoms with van der Waals surface area (Å²) >= 11 is 0. The molecular formula is C7H9NY. The zero-order valence-electron chi connectivity index (χ0n) is 5.46. The Morgan fingerprint density at radius 1 is 1.11 bits per heavy atom. The van der Waals surface area contributed by atoms with Crippen molar-refractivity contribution in [2.75, 3.05) is 5.73 Å². The molecule has 0 aliphatic rings. The maximum atomic E-state index is 5.43. The largest absolute Gasteiger partial charge is 0.399 e. The minimum atomic E-state index is 0. The van der Waals surface area contributed by atoms with Gasteiger partial charge in [0.1, 0.15) is 0 Å². The fourth-order valence-corrected chi connectivity index (χ4v) is 0.566. The van der Waals surface area contributed by atoms with Gasteiger partial charge in [-0.1, -0.05) is 17.7 Å². The molecule has 0 heterocycles. The van der Waals surface area contributed by atoms with Crippen molar-refractivity contribution in [1.29, 1.82) is 0 Å². The van der Waals surface area contributed by atoms with Crippen LogP contribution in [0.15, 0.2) is 24.3 Å². The van der Waals surface area contributed by atoms with Crippen LogP contribution in [0.1, 0.15) is 5.56 Å². The summed E-state index contributed by atoms with van der Waals surface area (Å²) in [7, 11) is 0. The van der Waals surface area contributed by atoms with Gasteiger partial charge in [0.25, 0.3) is 0 Å². The number of nitrogen functional groups attached to an aromatic ring is 1. The third-order valence-electron chi connectivity index (χ3n) is 1.08. The third kappa shape index (κ3) is 2.97. The number of benzene rings is 1. The van der Waals surface area contributed by atoms with E-state index in [0.717, 1.165) is 5.69 Å². The van der Waals surface area contributed by atoms with E-state index in [1.807, 2.05) is 31.2 Å². The van der Waals surface area contributed by atoms with Crippen molar-refractivity contribution in [3.05, 3.63) is 29.8 Å². The summed E-state index contributed by atoms with van der Waals surface area (Å²) in [6, 6.07) is 7.79. The molecule has 0 amide bonds. The first kappa shape index (κ1) is 9.12. The van der Waals surface area contributed by atoms with Gasteiger partial charge in [0, 0.05) is 38.4 Å². The monoisotopic (exact) mass is 196 g/mol. The maximum Gasteiger partial charge on any atom is 0.0314 e.